The predicted octanol–water partition coefficient (Wildman–Crippen LogP) is 2.76. The summed E-state index contributed by atoms with van der Waals surface area (Å²) in [4.78, 5) is 15.8. The Morgan fingerprint density at radius 1 is 1.36 bits per heavy atom. The van der Waals surface area contributed by atoms with Crippen LogP contribution in [0.3, 0.4) is 0 Å². The molecule has 1 saturated heterocycles. The molecule has 0 aliphatic carbocycles. The highest BCUT2D eigenvalue weighted by Gasteiger charge is 2.52. The normalized spacial score (nSPS) is 19.2. The van der Waals surface area contributed by atoms with Gasteiger partial charge >= 0.3 is 13.1 Å². The van der Waals surface area contributed by atoms with Gasteiger partial charge in [-0.2, -0.15) is 0 Å². The second-order valence-electron chi connectivity index (χ2n) is 6.93. The molecule has 25 heavy (non-hydrogen) atoms. The minimum absolute atomic E-state index is 0.290. The number of rotatable bonds is 5. The molecule has 0 saturated carbocycles. The zero-order valence-electron chi connectivity index (χ0n) is 15.5. The molecule has 0 aromatic carbocycles. The first kappa shape index (κ1) is 19.9. The summed E-state index contributed by atoms with van der Waals surface area (Å²) in [5.74, 6) is -0.468. The van der Waals surface area contributed by atoms with Crippen LogP contribution < -0.4 is 5.32 Å². The molecule has 2 heterocycles. The van der Waals surface area contributed by atoms with Crippen LogP contribution in [-0.4, -0.2) is 50.0 Å². The highest BCUT2D eigenvalue weighted by molar-refractivity contribution is 6.56. The first-order chi connectivity index (χ1) is 11.6. The third-order valence-electron chi connectivity index (χ3n) is 4.57. The lowest BCUT2D eigenvalue weighted by Crippen LogP contribution is -2.41. The summed E-state index contributed by atoms with van der Waals surface area (Å²) < 4.78 is 16.9. The summed E-state index contributed by atoms with van der Waals surface area (Å²) in [7, 11) is 2.64. The molecule has 0 atom stereocenters. The molecule has 1 aliphatic rings. The molecule has 6 nitrogen and oxygen atoms in total. The molecule has 1 fully saturated rings. The smallest absolute Gasteiger partial charge is 0.465 e. The Kier molecular flexibility index (Phi) is 5.94. The van der Waals surface area contributed by atoms with Crippen LogP contribution in [0.1, 0.15) is 43.6 Å². The van der Waals surface area contributed by atoms with Crippen molar-refractivity contribution in [3.63, 3.8) is 0 Å². The maximum atomic E-state index is 11.7. The van der Waals surface area contributed by atoms with Crippen molar-refractivity contribution in [2.45, 2.75) is 38.9 Å². The fraction of sp³-hybridized carbons (Fsp3) is 0.529. The molecule has 2 rings (SSSR count). The van der Waals surface area contributed by atoms with E-state index in [1.54, 1.807) is 6.07 Å². The molecule has 0 bridgehead atoms. The van der Waals surface area contributed by atoms with Crippen LogP contribution >= 0.6 is 11.6 Å². The summed E-state index contributed by atoms with van der Waals surface area (Å²) in [6, 6.07) is 1.64. The highest BCUT2D eigenvalue weighted by atomic mass is 35.5. The molecule has 1 N–H and O–H groups in total. The van der Waals surface area contributed by atoms with Gasteiger partial charge in [-0.05, 0) is 46.3 Å². The van der Waals surface area contributed by atoms with Crippen molar-refractivity contribution in [1.82, 2.24) is 10.3 Å². The minimum Gasteiger partial charge on any atom is -0.465 e. The fourth-order valence-corrected chi connectivity index (χ4v) is 2.55. The molecule has 136 valence electrons. The van der Waals surface area contributed by atoms with Gasteiger partial charge in [0.05, 0.1) is 23.9 Å². The van der Waals surface area contributed by atoms with Crippen molar-refractivity contribution in [3.8, 4) is 0 Å². The van der Waals surface area contributed by atoms with Crippen molar-refractivity contribution in [2.75, 3.05) is 20.7 Å². The molecule has 0 unspecified atom stereocenters. The van der Waals surface area contributed by atoms with Crippen LogP contribution in [-0.2, 0) is 14.0 Å². The van der Waals surface area contributed by atoms with Crippen molar-refractivity contribution >= 4 is 30.8 Å². The van der Waals surface area contributed by atoms with Crippen molar-refractivity contribution in [3.05, 3.63) is 34.0 Å². The number of hydrogen-bond acceptors (Lipinski definition) is 6. The fourth-order valence-electron chi connectivity index (χ4n) is 2.40. The Balaban J connectivity index is 2.40. The lowest BCUT2D eigenvalue weighted by atomic mass is 9.77. The number of carbonyl (C=O) groups excluding carboxylic acids is 1. The predicted molar refractivity (Wildman–Crippen MR) is 98.6 cm³/mol. The van der Waals surface area contributed by atoms with Crippen molar-refractivity contribution < 1.29 is 18.8 Å². The van der Waals surface area contributed by atoms with E-state index in [9.17, 15) is 4.79 Å². The van der Waals surface area contributed by atoms with Crippen LogP contribution in [0.15, 0.2) is 17.7 Å². The Hall–Kier alpha value is -1.41. The zero-order chi connectivity index (χ0) is 18.8. The van der Waals surface area contributed by atoms with Gasteiger partial charge in [-0.3, -0.25) is 0 Å². The number of hydrogen-bond donors (Lipinski definition) is 1. The average Bonchev–Trinajstić information content (AvgIpc) is 2.76. The molecule has 8 heteroatoms. The van der Waals surface area contributed by atoms with E-state index in [4.69, 9.17) is 25.6 Å². The average molecular weight is 367 g/mol. The van der Waals surface area contributed by atoms with E-state index in [0.29, 0.717) is 17.7 Å². The van der Waals surface area contributed by atoms with E-state index in [0.717, 1.165) is 5.47 Å². The van der Waals surface area contributed by atoms with Crippen LogP contribution in [0.4, 0.5) is 0 Å². The number of likely N-dealkylation sites (N-methyl/N-ethyl adjacent to an activating group) is 1. The van der Waals surface area contributed by atoms with Gasteiger partial charge in [0, 0.05) is 18.3 Å². The topological polar surface area (TPSA) is 69.7 Å². The summed E-state index contributed by atoms with van der Waals surface area (Å²) in [6.07, 6.45) is 3.22. The maximum Gasteiger partial charge on any atom is 0.491 e. The summed E-state index contributed by atoms with van der Waals surface area (Å²) in [5, 5.41) is 3.39. The number of nitrogens with one attached hydrogen (secondary N) is 1. The van der Waals surface area contributed by atoms with Gasteiger partial charge in [0.2, 0.25) is 0 Å². The lowest BCUT2D eigenvalue weighted by molar-refractivity contribution is 0.00578. The van der Waals surface area contributed by atoms with Crippen LogP contribution in [0.25, 0.3) is 6.08 Å². The number of methoxy groups -OCH3 is 1. The molecule has 0 spiro atoms. The van der Waals surface area contributed by atoms with E-state index in [-0.39, 0.29) is 5.15 Å². The third kappa shape index (κ3) is 4.23. The second kappa shape index (κ2) is 7.46. The van der Waals surface area contributed by atoms with E-state index in [1.165, 1.54) is 13.3 Å². The van der Waals surface area contributed by atoms with E-state index in [2.05, 4.69) is 10.3 Å². The number of carbonyl (C=O) groups is 1. The monoisotopic (exact) mass is 366 g/mol. The molecule has 1 aromatic heterocycles. The number of aromatic nitrogens is 1. The Morgan fingerprint density at radius 3 is 2.48 bits per heavy atom. The van der Waals surface area contributed by atoms with Crippen molar-refractivity contribution in [2.24, 2.45) is 0 Å². The van der Waals surface area contributed by atoms with Gasteiger partial charge < -0.3 is 19.4 Å². The number of esters is 1. The maximum absolute atomic E-state index is 11.7. The highest BCUT2D eigenvalue weighted by Crippen LogP contribution is 2.38. The molecule has 0 amide bonds. The summed E-state index contributed by atoms with van der Waals surface area (Å²) >= 11 is 6.20. The standard InChI is InChI=1S/C17H24BClN2O4/c1-16(2)17(3,4)25-18(24-16)13(10-20-5)8-11-7-12(15(22)23-6)9-21-14(11)19/h7-9,20H,10H2,1-6H3. The van der Waals surface area contributed by atoms with Gasteiger partial charge in [0.1, 0.15) is 5.15 Å². The molecule has 0 radical (unpaired) electrons. The zero-order valence-corrected chi connectivity index (χ0v) is 16.2. The molecule has 1 aromatic rings. The first-order valence-corrected chi connectivity index (χ1v) is 8.43. The Morgan fingerprint density at radius 2 is 1.96 bits per heavy atom. The van der Waals surface area contributed by atoms with E-state index >= 15 is 0 Å². The molecular formula is C17H24BClN2O4. The third-order valence-corrected chi connectivity index (χ3v) is 4.88. The molecular weight excluding hydrogens is 342 g/mol. The Bertz CT molecular complexity index is 675. The van der Waals surface area contributed by atoms with E-state index < -0.39 is 24.3 Å². The van der Waals surface area contributed by atoms with Gasteiger partial charge in [-0.15, -0.1) is 0 Å². The number of ether oxygens (including phenoxy) is 1. The number of pyridine rings is 1. The largest absolute Gasteiger partial charge is 0.491 e. The number of halogens is 1. The summed E-state index contributed by atoms with van der Waals surface area (Å²) in [6.45, 7) is 8.52. The van der Waals surface area contributed by atoms with Crippen LogP contribution in [0.5, 0.6) is 0 Å². The Labute approximate surface area is 154 Å². The molecule has 1 aliphatic heterocycles. The van der Waals surface area contributed by atoms with Crippen molar-refractivity contribution in [1.29, 1.82) is 0 Å². The first-order valence-electron chi connectivity index (χ1n) is 8.06. The van der Waals surface area contributed by atoms with Crippen LogP contribution in [0.2, 0.25) is 5.15 Å². The quantitative estimate of drug-likeness (QED) is 0.491. The second-order valence-corrected chi connectivity index (χ2v) is 7.29. The summed E-state index contributed by atoms with van der Waals surface area (Å²) in [5.41, 5.74) is 0.896. The minimum atomic E-state index is -0.518. The SMILES string of the molecule is CNCC(=Cc1cc(C(=O)OC)cnc1Cl)B1OC(C)(C)C(C)(C)O1. The lowest BCUT2D eigenvalue weighted by Gasteiger charge is -2.32. The van der Waals surface area contributed by atoms with Gasteiger partial charge in [-0.25, -0.2) is 9.78 Å². The van der Waals surface area contributed by atoms with Crippen LogP contribution in [0, 0.1) is 0 Å². The van der Waals surface area contributed by atoms with Gasteiger partial charge in [-0.1, -0.05) is 17.7 Å². The number of nitrogens with zero attached hydrogens (tertiary/aromatic N) is 1. The van der Waals surface area contributed by atoms with Gasteiger partial charge in [0.25, 0.3) is 0 Å². The van der Waals surface area contributed by atoms with Gasteiger partial charge in [0.15, 0.2) is 0 Å². The van der Waals surface area contributed by atoms with E-state index in [1.807, 2.05) is 40.8 Å².